The third-order valence-corrected chi connectivity index (χ3v) is 6.30. The van der Waals surface area contributed by atoms with Gasteiger partial charge in [0.2, 0.25) is 0 Å². The van der Waals surface area contributed by atoms with Crippen LogP contribution >= 0.6 is 0 Å². The molecule has 0 spiro atoms. The van der Waals surface area contributed by atoms with Crippen molar-refractivity contribution in [3.05, 3.63) is 35.9 Å². The molecular formula is C18H26N2. The van der Waals surface area contributed by atoms with Crippen LogP contribution in [0, 0.1) is 29.6 Å². The van der Waals surface area contributed by atoms with Crippen molar-refractivity contribution in [1.82, 2.24) is 5.43 Å². The number of hydrogen-bond acceptors (Lipinski definition) is 2. The zero-order valence-corrected chi connectivity index (χ0v) is 12.2. The van der Waals surface area contributed by atoms with Crippen LogP contribution in [0.15, 0.2) is 30.3 Å². The minimum atomic E-state index is 0.567. The molecule has 0 aliphatic heterocycles. The standard InChI is InChI=1S/C18H26N2/c19-20-15(8-4-7-12-5-2-1-3-6-12)18-16-13-9-10-14(11-13)17(16)18/h1-3,5-6,13-18,20H,4,7-11,19H2. The van der Waals surface area contributed by atoms with E-state index >= 15 is 0 Å². The monoisotopic (exact) mass is 270 g/mol. The van der Waals surface area contributed by atoms with Crippen LogP contribution < -0.4 is 11.3 Å². The lowest BCUT2D eigenvalue weighted by Crippen LogP contribution is -2.38. The summed E-state index contributed by atoms with van der Waals surface area (Å²) in [6.45, 7) is 0. The zero-order chi connectivity index (χ0) is 13.5. The van der Waals surface area contributed by atoms with Crippen molar-refractivity contribution in [3.63, 3.8) is 0 Å². The van der Waals surface area contributed by atoms with Gasteiger partial charge in [-0.05, 0) is 73.7 Å². The maximum atomic E-state index is 5.86. The Bertz CT molecular complexity index is 442. The summed E-state index contributed by atoms with van der Waals surface area (Å²) < 4.78 is 0. The molecular weight excluding hydrogens is 244 g/mol. The Morgan fingerprint density at radius 1 is 1.10 bits per heavy atom. The van der Waals surface area contributed by atoms with Crippen LogP contribution in [-0.4, -0.2) is 6.04 Å². The molecule has 5 atom stereocenters. The van der Waals surface area contributed by atoms with E-state index in [9.17, 15) is 0 Å². The van der Waals surface area contributed by atoms with E-state index in [2.05, 4.69) is 35.8 Å². The quantitative estimate of drug-likeness (QED) is 0.615. The zero-order valence-electron chi connectivity index (χ0n) is 12.2. The Morgan fingerprint density at radius 3 is 2.45 bits per heavy atom. The number of rotatable bonds is 6. The first-order valence-electron chi connectivity index (χ1n) is 8.38. The molecule has 1 aromatic rings. The molecule has 0 amide bonds. The lowest BCUT2D eigenvalue weighted by molar-refractivity contribution is 0.347. The number of benzene rings is 1. The lowest BCUT2D eigenvalue weighted by atomic mass is 9.94. The second-order valence-electron chi connectivity index (χ2n) is 7.22. The Labute approximate surface area is 122 Å². The average molecular weight is 270 g/mol. The third-order valence-electron chi connectivity index (χ3n) is 6.30. The summed E-state index contributed by atoms with van der Waals surface area (Å²) in [5.74, 6) is 10.9. The molecule has 4 rings (SSSR count). The number of aryl methyl sites for hydroxylation is 1. The molecule has 3 N–H and O–H groups in total. The van der Waals surface area contributed by atoms with Gasteiger partial charge in [0.15, 0.2) is 0 Å². The summed E-state index contributed by atoms with van der Waals surface area (Å²) in [6, 6.07) is 11.4. The molecule has 2 heteroatoms. The highest BCUT2D eigenvalue weighted by Crippen LogP contribution is 2.70. The van der Waals surface area contributed by atoms with Crippen LogP contribution in [0.5, 0.6) is 0 Å². The highest BCUT2D eigenvalue weighted by atomic mass is 15.2. The molecule has 1 aromatic carbocycles. The van der Waals surface area contributed by atoms with Crippen molar-refractivity contribution in [3.8, 4) is 0 Å². The van der Waals surface area contributed by atoms with E-state index in [-0.39, 0.29) is 0 Å². The van der Waals surface area contributed by atoms with E-state index < -0.39 is 0 Å². The van der Waals surface area contributed by atoms with E-state index in [4.69, 9.17) is 5.84 Å². The summed E-state index contributed by atoms with van der Waals surface area (Å²) >= 11 is 0. The predicted octanol–water partition coefficient (Wildman–Crippen LogP) is 3.13. The summed E-state index contributed by atoms with van der Waals surface area (Å²) in [6.07, 6.45) is 8.22. The number of nitrogens with two attached hydrogens (primary N) is 1. The van der Waals surface area contributed by atoms with Gasteiger partial charge in [-0.1, -0.05) is 30.3 Å². The maximum absolute atomic E-state index is 5.86. The molecule has 20 heavy (non-hydrogen) atoms. The van der Waals surface area contributed by atoms with Gasteiger partial charge < -0.3 is 0 Å². The van der Waals surface area contributed by atoms with Gasteiger partial charge in [0.05, 0.1) is 0 Å². The van der Waals surface area contributed by atoms with Crippen molar-refractivity contribution in [2.24, 2.45) is 35.4 Å². The maximum Gasteiger partial charge on any atom is 0.0244 e. The molecule has 3 fully saturated rings. The minimum absolute atomic E-state index is 0.567. The fourth-order valence-corrected chi connectivity index (χ4v) is 5.49. The van der Waals surface area contributed by atoms with E-state index in [1.54, 1.807) is 0 Å². The van der Waals surface area contributed by atoms with Gasteiger partial charge >= 0.3 is 0 Å². The molecule has 2 bridgehead atoms. The molecule has 3 aliphatic carbocycles. The van der Waals surface area contributed by atoms with Crippen LogP contribution in [0.3, 0.4) is 0 Å². The van der Waals surface area contributed by atoms with Gasteiger partial charge in [-0.2, -0.15) is 0 Å². The summed E-state index contributed by atoms with van der Waals surface area (Å²) in [5.41, 5.74) is 4.61. The van der Waals surface area contributed by atoms with Crippen LogP contribution in [0.2, 0.25) is 0 Å². The number of fused-ring (bicyclic) bond motifs is 5. The average Bonchev–Trinajstić information content (AvgIpc) is 2.91. The Kier molecular flexibility index (Phi) is 3.31. The molecule has 2 nitrogen and oxygen atoms in total. The fraction of sp³-hybridized carbons (Fsp3) is 0.667. The van der Waals surface area contributed by atoms with Crippen molar-refractivity contribution in [2.45, 2.75) is 44.6 Å². The summed E-state index contributed by atoms with van der Waals surface area (Å²) in [4.78, 5) is 0. The number of hydrazine groups is 1. The van der Waals surface area contributed by atoms with Crippen LogP contribution in [0.25, 0.3) is 0 Å². The van der Waals surface area contributed by atoms with Gasteiger partial charge in [-0.3, -0.25) is 11.3 Å². The van der Waals surface area contributed by atoms with Crippen molar-refractivity contribution >= 4 is 0 Å². The van der Waals surface area contributed by atoms with Crippen molar-refractivity contribution in [2.75, 3.05) is 0 Å². The van der Waals surface area contributed by atoms with E-state index in [1.165, 1.54) is 44.1 Å². The van der Waals surface area contributed by atoms with E-state index in [1.807, 2.05) is 0 Å². The Morgan fingerprint density at radius 2 is 1.80 bits per heavy atom. The molecule has 5 unspecified atom stereocenters. The molecule has 3 aliphatic rings. The summed E-state index contributed by atoms with van der Waals surface area (Å²) in [7, 11) is 0. The first-order chi connectivity index (χ1) is 9.88. The van der Waals surface area contributed by atoms with Crippen LogP contribution in [-0.2, 0) is 6.42 Å². The van der Waals surface area contributed by atoms with Gasteiger partial charge in [-0.15, -0.1) is 0 Å². The van der Waals surface area contributed by atoms with Gasteiger partial charge in [0, 0.05) is 6.04 Å². The number of hydrogen-bond donors (Lipinski definition) is 2. The molecule has 0 radical (unpaired) electrons. The fourth-order valence-electron chi connectivity index (χ4n) is 5.49. The van der Waals surface area contributed by atoms with Crippen LogP contribution in [0.4, 0.5) is 0 Å². The van der Waals surface area contributed by atoms with Crippen LogP contribution in [0.1, 0.15) is 37.7 Å². The van der Waals surface area contributed by atoms with Crippen molar-refractivity contribution < 1.29 is 0 Å². The van der Waals surface area contributed by atoms with Gasteiger partial charge in [0.1, 0.15) is 0 Å². The molecule has 0 heterocycles. The highest BCUT2D eigenvalue weighted by molar-refractivity contribution is 5.16. The minimum Gasteiger partial charge on any atom is -0.271 e. The Balaban J connectivity index is 1.30. The third kappa shape index (κ3) is 2.10. The molecule has 0 aromatic heterocycles. The van der Waals surface area contributed by atoms with Gasteiger partial charge in [0.25, 0.3) is 0 Å². The molecule has 108 valence electrons. The van der Waals surface area contributed by atoms with E-state index in [0.717, 1.165) is 29.6 Å². The summed E-state index contributed by atoms with van der Waals surface area (Å²) in [5, 5.41) is 0. The SMILES string of the molecule is NNC(CCCc1ccccc1)C1C2C3CCC(C3)C21. The highest BCUT2D eigenvalue weighted by Gasteiger charge is 2.66. The van der Waals surface area contributed by atoms with E-state index in [0.29, 0.717) is 6.04 Å². The molecule has 0 saturated heterocycles. The second-order valence-corrected chi connectivity index (χ2v) is 7.22. The predicted molar refractivity (Wildman–Crippen MR) is 81.8 cm³/mol. The lowest BCUT2D eigenvalue weighted by Gasteiger charge is -2.19. The van der Waals surface area contributed by atoms with Crippen molar-refractivity contribution in [1.29, 1.82) is 0 Å². The molecule has 3 saturated carbocycles. The normalized spacial score (nSPS) is 38.8. The van der Waals surface area contributed by atoms with Gasteiger partial charge in [-0.25, -0.2) is 0 Å². The first-order valence-corrected chi connectivity index (χ1v) is 8.38. The largest absolute Gasteiger partial charge is 0.271 e. The number of nitrogens with one attached hydrogen (secondary N) is 1. The topological polar surface area (TPSA) is 38.0 Å². The first kappa shape index (κ1) is 12.8. The smallest absolute Gasteiger partial charge is 0.0244 e. The second kappa shape index (κ2) is 5.16. The Hall–Kier alpha value is -0.860.